The summed E-state index contributed by atoms with van der Waals surface area (Å²) in [7, 11) is 0. The second-order valence-electron chi connectivity index (χ2n) is 6.40. The molecule has 0 unspecified atom stereocenters. The van der Waals surface area contributed by atoms with E-state index in [-0.39, 0.29) is 5.41 Å². The van der Waals surface area contributed by atoms with Crippen LogP contribution in [0.1, 0.15) is 25.8 Å². The molecule has 1 aliphatic rings. The topological polar surface area (TPSA) is 41.6 Å². The van der Waals surface area contributed by atoms with Gasteiger partial charge >= 0.3 is 0 Å². The van der Waals surface area contributed by atoms with Crippen LogP contribution in [0.3, 0.4) is 0 Å². The van der Waals surface area contributed by atoms with E-state index in [1.165, 1.54) is 0 Å². The number of hydrogen-bond donors (Lipinski definition) is 1. The number of nitrogens with zero attached hydrogens (tertiary/aromatic N) is 2. The van der Waals surface area contributed by atoms with E-state index in [1.807, 2.05) is 18.2 Å². The maximum Gasteiger partial charge on any atom is 0.0687 e. The molecular formula is C18H21N3. The number of nitrogens with two attached hydrogens (primary N) is 1. The standard InChI is InChI=1S/C18H21N3/c1-18(2)12-17(14-8-10-15(19)11-9-14)20-21(13-18)16-6-4-3-5-7-16/h3-11H,12-13,19H2,1-2H3. The van der Waals surface area contributed by atoms with Crippen LogP contribution in [-0.4, -0.2) is 12.3 Å². The van der Waals surface area contributed by atoms with Crippen LogP contribution in [0, 0.1) is 5.41 Å². The first-order valence-corrected chi connectivity index (χ1v) is 7.29. The van der Waals surface area contributed by atoms with Crippen molar-refractivity contribution in [2.24, 2.45) is 10.5 Å². The fourth-order valence-electron chi connectivity index (χ4n) is 2.72. The lowest BCUT2D eigenvalue weighted by atomic mass is 9.83. The van der Waals surface area contributed by atoms with Crippen molar-refractivity contribution in [3.05, 3.63) is 60.2 Å². The molecule has 0 amide bonds. The molecule has 0 spiro atoms. The van der Waals surface area contributed by atoms with E-state index in [4.69, 9.17) is 10.8 Å². The minimum atomic E-state index is 0.189. The molecule has 1 aliphatic heterocycles. The molecule has 0 fully saturated rings. The number of hydrogen-bond acceptors (Lipinski definition) is 3. The van der Waals surface area contributed by atoms with Crippen molar-refractivity contribution >= 4 is 17.1 Å². The Morgan fingerprint density at radius 3 is 2.33 bits per heavy atom. The Morgan fingerprint density at radius 2 is 1.67 bits per heavy atom. The molecule has 3 rings (SSSR count). The van der Waals surface area contributed by atoms with E-state index < -0.39 is 0 Å². The third kappa shape index (κ3) is 3.07. The van der Waals surface area contributed by atoms with E-state index in [2.05, 4.69) is 55.3 Å². The molecule has 1 heterocycles. The molecule has 2 aromatic rings. The normalized spacial score (nSPS) is 17.4. The first-order chi connectivity index (χ1) is 10.0. The number of anilines is 2. The molecule has 2 aromatic carbocycles. The molecule has 0 radical (unpaired) electrons. The second kappa shape index (κ2) is 5.24. The second-order valence-corrected chi connectivity index (χ2v) is 6.40. The Labute approximate surface area is 126 Å². The SMILES string of the molecule is CC1(C)CC(c2ccc(N)cc2)=NN(c2ccccc2)C1. The van der Waals surface area contributed by atoms with Crippen LogP contribution in [-0.2, 0) is 0 Å². The highest BCUT2D eigenvalue weighted by atomic mass is 15.5. The van der Waals surface area contributed by atoms with E-state index in [9.17, 15) is 0 Å². The minimum Gasteiger partial charge on any atom is -0.399 e. The molecule has 0 aromatic heterocycles. The maximum atomic E-state index is 5.78. The molecule has 21 heavy (non-hydrogen) atoms. The van der Waals surface area contributed by atoms with Gasteiger partial charge in [-0.15, -0.1) is 0 Å². The average Bonchev–Trinajstić information content (AvgIpc) is 2.47. The summed E-state index contributed by atoms with van der Waals surface area (Å²) < 4.78 is 0. The van der Waals surface area contributed by atoms with Gasteiger partial charge < -0.3 is 5.73 Å². The smallest absolute Gasteiger partial charge is 0.0687 e. The number of hydrazone groups is 1. The number of nitrogen functional groups attached to an aromatic ring is 1. The average molecular weight is 279 g/mol. The Hall–Kier alpha value is -2.29. The van der Waals surface area contributed by atoms with Gasteiger partial charge in [0, 0.05) is 12.2 Å². The van der Waals surface area contributed by atoms with Gasteiger partial charge in [0.05, 0.1) is 11.4 Å². The van der Waals surface area contributed by atoms with Crippen LogP contribution in [0.15, 0.2) is 59.7 Å². The Kier molecular flexibility index (Phi) is 3.42. The van der Waals surface area contributed by atoms with Crippen molar-refractivity contribution in [1.29, 1.82) is 0 Å². The third-order valence-electron chi connectivity index (χ3n) is 3.76. The first-order valence-electron chi connectivity index (χ1n) is 7.29. The van der Waals surface area contributed by atoms with Gasteiger partial charge in [-0.1, -0.05) is 44.2 Å². The molecule has 0 saturated carbocycles. The molecular weight excluding hydrogens is 258 g/mol. The van der Waals surface area contributed by atoms with Crippen molar-refractivity contribution in [3.8, 4) is 0 Å². The van der Waals surface area contributed by atoms with Crippen molar-refractivity contribution < 1.29 is 0 Å². The summed E-state index contributed by atoms with van der Waals surface area (Å²) in [5, 5.41) is 6.96. The highest BCUT2D eigenvalue weighted by molar-refractivity contribution is 6.02. The highest BCUT2D eigenvalue weighted by Gasteiger charge is 2.29. The molecule has 108 valence electrons. The van der Waals surface area contributed by atoms with Crippen LogP contribution in [0.2, 0.25) is 0 Å². The lowest BCUT2D eigenvalue weighted by Gasteiger charge is -2.36. The predicted octanol–water partition coefficient (Wildman–Crippen LogP) is 3.91. The highest BCUT2D eigenvalue weighted by Crippen LogP contribution is 2.32. The summed E-state index contributed by atoms with van der Waals surface area (Å²) in [6.45, 7) is 5.50. The molecule has 3 nitrogen and oxygen atoms in total. The van der Waals surface area contributed by atoms with Crippen molar-refractivity contribution in [1.82, 2.24) is 0 Å². The Balaban J connectivity index is 1.98. The molecule has 2 N–H and O–H groups in total. The van der Waals surface area contributed by atoms with Gasteiger partial charge in [0.15, 0.2) is 0 Å². The van der Waals surface area contributed by atoms with E-state index in [1.54, 1.807) is 0 Å². The van der Waals surface area contributed by atoms with Crippen LogP contribution in [0.25, 0.3) is 0 Å². The van der Waals surface area contributed by atoms with Gasteiger partial charge in [0.25, 0.3) is 0 Å². The van der Waals surface area contributed by atoms with Gasteiger partial charge in [0.1, 0.15) is 0 Å². The molecule has 0 bridgehead atoms. The summed E-state index contributed by atoms with van der Waals surface area (Å²) in [5.41, 5.74) is 10.2. The lowest BCUT2D eigenvalue weighted by Crippen LogP contribution is -2.38. The van der Waals surface area contributed by atoms with Crippen LogP contribution >= 0.6 is 0 Å². The summed E-state index contributed by atoms with van der Waals surface area (Å²) in [6.07, 6.45) is 0.972. The summed E-state index contributed by atoms with van der Waals surface area (Å²) >= 11 is 0. The Bertz CT molecular complexity index is 642. The van der Waals surface area contributed by atoms with Gasteiger partial charge in [-0.05, 0) is 41.7 Å². The molecule has 0 aliphatic carbocycles. The number of benzene rings is 2. The fourth-order valence-corrected chi connectivity index (χ4v) is 2.72. The lowest BCUT2D eigenvalue weighted by molar-refractivity contribution is 0.369. The zero-order valence-corrected chi connectivity index (χ0v) is 12.6. The molecule has 0 atom stereocenters. The molecule has 3 heteroatoms. The van der Waals surface area contributed by atoms with Gasteiger partial charge in [-0.2, -0.15) is 5.10 Å². The number of para-hydroxylation sites is 1. The monoisotopic (exact) mass is 279 g/mol. The summed E-state index contributed by atoms with van der Waals surface area (Å²) in [4.78, 5) is 0. The van der Waals surface area contributed by atoms with Gasteiger partial charge in [-0.25, -0.2) is 0 Å². The third-order valence-corrected chi connectivity index (χ3v) is 3.76. The number of rotatable bonds is 2. The minimum absolute atomic E-state index is 0.189. The zero-order valence-electron chi connectivity index (χ0n) is 12.6. The summed E-state index contributed by atoms with van der Waals surface area (Å²) in [6, 6.07) is 18.3. The van der Waals surface area contributed by atoms with Crippen LogP contribution in [0.5, 0.6) is 0 Å². The van der Waals surface area contributed by atoms with E-state index in [0.29, 0.717) is 0 Å². The van der Waals surface area contributed by atoms with E-state index >= 15 is 0 Å². The summed E-state index contributed by atoms with van der Waals surface area (Å²) in [5.74, 6) is 0. The Morgan fingerprint density at radius 1 is 1.00 bits per heavy atom. The van der Waals surface area contributed by atoms with Crippen molar-refractivity contribution in [2.45, 2.75) is 20.3 Å². The first kappa shape index (κ1) is 13.7. The van der Waals surface area contributed by atoms with Crippen molar-refractivity contribution in [3.63, 3.8) is 0 Å². The van der Waals surface area contributed by atoms with Gasteiger partial charge in [0.2, 0.25) is 0 Å². The van der Waals surface area contributed by atoms with Crippen molar-refractivity contribution in [2.75, 3.05) is 17.3 Å². The van der Waals surface area contributed by atoms with Crippen LogP contribution < -0.4 is 10.7 Å². The van der Waals surface area contributed by atoms with E-state index in [0.717, 1.165) is 35.6 Å². The van der Waals surface area contributed by atoms with Gasteiger partial charge in [-0.3, -0.25) is 5.01 Å². The predicted molar refractivity (Wildman–Crippen MR) is 89.6 cm³/mol. The largest absolute Gasteiger partial charge is 0.399 e. The maximum absolute atomic E-state index is 5.78. The fraction of sp³-hybridized carbons (Fsp3) is 0.278. The quantitative estimate of drug-likeness (QED) is 0.847. The van der Waals surface area contributed by atoms with Crippen LogP contribution in [0.4, 0.5) is 11.4 Å². The zero-order chi connectivity index (χ0) is 14.9. The molecule has 0 saturated heterocycles.